The van der Waals surface area contributed by atoms with Crippen molar-refractivity contribution in [2.45, 2.75) is 70.8 Å². The van der Waals surface area contributed by atoms with Gasteiger partial charge in [0.05, 0.1) is 5.75 Å². The summed E-state index contributed by atoms with van der Waals surface area (Å²) in [5.74, 6) is 1.21. The molecule has 0 bridgehead atoms. The number of thioether (sulfide) groups is 1. The van der Waals surface area contributed by atoms with Crippen LogP contribution >= 0.6 is 11.8 Å². The summed E-state index contributed by atoms with van der Waals surface area (Å²) < 4.78 is 7.36. The van der Waals surface area contributed by atoms with E-state index in [4.69, 9.17) is 4.74 Å². The summed E-state index contributed by atoms with van der Waals surface area (Å²) >= 11 is 1.42. The van der Waals surface area contributed by atoms with Gasteiger partial charge in [-0.25, -0.2) is 4.79 Å². The quantitative estimate of drug-likeness (QED) is 0.660. The maximum Gasteiger partial charge on any atom is 0.407 e. The van der Waals surface area contributed by atoms with Crippen LogP contribution in [0, 0.1) is 6.92 Å². The lowest BCUT2D eigenvalue weighted by Crippen LogP contribution is -2.48. The van der Waals surface area contributed by atoms with Gasteiger partial charge >= 0.3 is 6.09 Å². The van der Waals surface area contributed by atoms with Gasteiger partial charge < -0.3 is 19.5 Å². The minimum atomic E-state index is -0.518. The van der Waals surface area contributed by atoms with Gasteiger partial charge in [-0.2, -0.15) is 0 Å². The van der Waals surface area contributed by atoms with Crippen LogP contribution in [0.1, 0.15) is 46.1 Å². The SMILES string of the molecule is CCn1c(SCC(=O)N2CCC(NC(=O)OC(C)(C)C)CC2)nnc1-c1cccc(C)c1. The number of carbonyl (C=O) groups is 2. The van der Waals surface area contributed by atoms with E-state index in [1.165, 1.54) is 17.3 Å². The molecule has 0 spiro atoms. The third kappa shape index (κ3) is 6.48. The van der Waals surface area contributed by atoms with Gasteiger partial charge in [0.15, 0.2) is 11.0 Å². The van der Waals surface area contributed by atoms with Gasteiger partial charge in [-0.15, -0.1) is 10.2 Å². The number of hydrogen-bond acceptors (Lipinski definition) is 6. The molecular weight excluding hydrogens is 426 g/mol. The fourth-order valence-electron chi connectivity index (χ4n) is 3.64. The average molecular weight is 460 g/mol. The minimum Gasteiger partial charge on any atom is -0.444 e. The molecule has 1 fully saturated rings. The highest BCUT2D eigenvalue weighted by molar-refractivity contribution is 7.99. The highest BCUT2D eigenvalue weighted by atomic mass is 32.2. The first-order valence-electron chi connectivity index (χ1n) is 11.1. The maximum absolute atomic E-state index is 12.7. The molecule has 1 N–H and O–H groups in total. The zero-order chi connectivity index (χ0) is 23.3. The van der Waals surface area contributed by atoms with Crippen molar-refractivity contribution >= 4 is 23.8 Å². The van der Waals surface area contributed by atoms with E-state index in [1.54, 1.807) is 0 Å². The Hall–Kier alpha value is -2.55. The second-order valence-electron chi connectivity index (χ2n) is 9.01. The first-order chi connectivity index (χ1) is 15.2. The summed E-state index contributed by atoms with van der Waals surface area (Å²) in [4.78, 5) is 26.6. The molecule has 0 unspecified atom stereocenters. The smallest absolute Gasteiger partial charge is 0.407 e. The van der Waals surface area contributed by atoms with E-state index in [0.29, 0.717) is 18.8 Å². The van der Waals surface area contributed by atoms with Crippen molar-refractivity contribution in [2.75, 3.05) is 18.8 Å². The van der Waals surface area contributed by atoms with Crippen LogP contribution in [0.25, 0.3) is 11.4 Å². The molecule has 3 rings (SSSR count). The number of alkyl carbamates (subject to hydrolysis) is 1. The summed E-state index contributed by atoms with van der Waals surface area (Å²) in [7, 11) is 0. The second kappa shape index (κ2) is 10.4. The van der Waals surface area contributed by atoms with Crippen LogP contribution in [-0.2, 0) is 16.1 Å². The van der Waals surface area contributed by atoms with Crippen LogP contribution < -0.4 is 5.32 Å². The van der Waals surface area contributed by atoms with E-state index in [-0.39, 0.29) is 11.9 Å². The predicted octanol–water partition coefficient (Wildman–Crippen LogP) is 3.88. The van der Waals surface area contributed by atoms with Crippen LogP contribution in [0.3, 0.4) is 0 Å². The third-order valence-electron chi connectivity index (χ3n) is 5.20. The Morgan fingerprint density at radius 3 is 2.56 bits per heavy atom. The predicted molar refractivity (Wildman–Crippen MR) is 126 cm³/mol. The molecule has 0 radical (unpaired) electrons. The van der Waals surface area contributed by atoms with Gasteiger partial charge in [0.2, 0.25) is 5.91 Å². The number of rotatable bonds is 6. The fraction of sp³-hybridized carbons (Fsp3) is 0.565. The standard InChI is InChI=1S/C23H33N5O3S/c1-6-28-20(17-9-7-8-16(2)14-17)25-26-21(28)32-15-19(29)27-12-10-18(11-13-27)24-22(30)31-23(3,4)5/h7-9,14,18H,6,10-13,15H2,1-5H3,(H,24,30). The fourth-order valence-corrected chi connectivity index (χ4v) is 4.55. The van der Waals surface area contributed by atoms with E-state index < -0.39 is 11.7 Å². The van der Waals surface area contributed by atoms with Crippen LogP contribution in [0.15, 0.2) is 29.4 Å². The van der Waals surface area contributed by atoms with Crippen molar-refractivity contribution in [1.29, 1.82) is 0 Å². The van der Waals surface area contributed by atoms with Crippen molar-refractivity contribution in [3.63, 3.8) is 0 Å². The number of aromatic nitrogens is 3. The second-order valence-corrected chi connectivity index (χ2v) is 9.95. The zero-order valence-corrected chi connectivity index (χ0v) is 20.4. The summed E-state index contributed by atoms with van der Waals surface area (Å²) in [6.07, 6.45) is 1.04. The van der Waals surface area contributed by atoms with Crippen LogP contribution in [0.5, 0.6) is 0 Å². The highest BCUT2D eigenvalue weighted by Gasteiger charge is 2.26. The highest BCUT2D eigenvalue weighted by Crippen LogP contribution is 2.25. The number of hydrogen-bond donors (Lipinski definition) is 1. The number of carbonyl (C=O) groups excluding carboxylic acids is 2. The molecule has 2 aromatic rings. The van der Waals surface area contributed by atoms with Crippen LogP contribution in [0.2, 0.25) is 0 Å². The molecule has 9 heteroatoms. The number of ether oxygens (including phenoxy) is 1. The number of amides is 2. The monoisotopic (exact) mass is 459 g/mol. The van der Waals surface area contributed by atoms with E-state index in [0.717, 1.165) is 35.9 Å². The molecule has 0 atom stereocenters. The van der Waals surface area contributed by atoms with Gasteiger partial charge in [-0.3, -0.25) is 4.79 Å². The molecule has 8 nitrogen and oxygen atoms in total. The molecule has 2 amide bonds. The van der Waals surface area contributed by atoms with Crippen molar-refractivity contribution in [3.05, 3.63) is 29.8 Å². The van der Waals surface area contributed by atoms with E-state index in [9.17, 15) is 9.59 Å². The summed E-state index contributed by atoms with van der Waals surface area (Å²) in [6, 6.07) is 8.21. The lowest BCUT2D eigenvalue weighted by atomic mass is 10.1. The number of nitrogens with zero attached hydrogens (tertiary/aromatic N) is 4. The van der Waals surface area contributed by atoms with Crippen molar-refractivity contribution in [1.82, 2.24) is 25.0 Å². The molecule has 2 heterocycles. The Bertz CT molecular complexity index is 945. The Balaban J connectivity index is 1.51. The summed E-state index contributed by atoms with van der Waals surface area (Å²) in [6.45, 7) is 11.6. The summed E-state index contributed by atoms with van der Waals surface area (Å²) in [5.41, 5.74) is 1.68. The van der Waals surface area contributed by atoms with Crippen LogP contribution in [0.4, 0.5) is 4.79 Å². The minimum absolute atomic E-state index is 0.0293. The molecule has 1 aliphatic rings. The molecule has 1 aromatic carbocycles. The van der Waals surface area contributed by atoms with Crippen LogP contribution in [-0.4, -0.2) is 62.2 Å². The number of nitrogens with one attached hydrogen (secondary N) is 1. The van der Waals surface area contributed by atoms with E-state index in [2.05, 4.69) is 41.5 Å². The Morgan fingerprint density at radius 2 is 1.94 bits per heavy atom. The largest absolute Gasteiger partial charge is 0.444 e. The van der Waals surface area contributed by atoms with Gasteiger partial charge in [0.1, 0.15) is 5.60 Å². The van der Waals surface area contributed by atoms with Gasteiger partial charge in [-0.05, 0) is 53.5 Å². The lowest BCUT2D eigenvalue weighted by Gasteiger charge is -2.32. The molecule has 1 aliphatic heterocycles. The zero-order valence-electron chi connectivity index (χ0n) is 19.6. The number of benzene rings is 1. The van der Waals surface area contributed by atoms with Crippen molar-refractivity contribution in [3.8, 4) is 11.4 Å². The van der Waals surface area contributed by atoms with Gasteiger partial charge in [0.25, 0.3) is 0 Å². The lowest BCUT2D eigenvalue weighted by molar-refractivity contribution is -0.129. The molecule has 174 valence electrons. The molecule has 0 saturated carbocycles. The van der Waals surface area contributed by atoms with Gasteiger partial charge in [0, 0.05) is 31.2 Å². The summed E-state index contributed by atoms with van der Waals surface area (Å²) in [5, 5.41) is 12.3. The van der Waals surface area contributed by atoms with Gasteiger partial charge in [-0.1, -0.05) is 35.5 Å². The molecular formula is C23H33N5O3S. The average Bonchev–Trinajstić information content (AvgIpc) is 3.14. The number of aryl methyl sites for hydroxylation is 1. The van der Waals surface area contributed by atoms with Crippen molar-refractivity contribution < 1.29 is 14.3 Å². The number of likely N-dealkylation sites (tertiary alicyclic amines) is 1. The third-order valence-corrected chi connectivity index (χ3v) is 6.15. The Kier molecular flexibility index (Phi) is 7.82. The van der Waals surface area contributed by atoms with E-state index >= 15 is 0 Å². The molecule has 1 aromatic heterocycles. The van der Waals surface area contributed by atoms with Crippen molar-refractivity contribution in [2.24, 2.45) is 0 Å². The molecule has 1 saturated heterocycles. The Morgan fingerprint density at radius 1 is 1.22 bits per heavy atom. The molecule has 32 heavy (non-hydrogen) atoms. The first kappa shape index (κ1) is 24.1. The molecule has 0 aliphatic carbocycles. The Labute approximate surface area is 194 Å². The first-order valence-corrected chi connectivity index (χ1v) is 12.0. The normalized spacial score (nSPS) is 15.0. The van der Waals surface area contributed by atoms with E-state index in [1.807, 2.05) is 42.4 Å². The number of piperidine rings is 1. The maximum atomic E-state index is 12.7. The topological polar surface area (TPSA) is 89.4 Å².